The van der Waals surface area contributed by atoms with Crippen molar-refractivity contribution in [3.8, 4) is 0 Å². The number of nitrogens with two attached hydrogens (primary N) is 1. The molecule has 0 aromatic rings. The van der Waals surface area contributed by atoms with Gasteiger partial charge in [-0.3, -0.25) is 4.21 Å². The van der Waals surface area contributed by atoms with Crippen LogP contribution in [-0.4, -0.2) is 46.8 Å². The summed E-state index contributed by atoms with van der Waals surface area (Å²) < 4.78 is 11.2. The summed E-state index contributed by atoms with van der Waals surface area (Å²) in [5.74, 6) is 2.92. The lowest BCUT2D eigenvalue weighted by molar-refractivity contribution is 0.219. The van der Waals surface area contributed by atoms with Crippen LogP contribution < -0.4 is 5.73 Å². The molecule has 1 saturated heterocycles. The van der Waals surface area contributed by atoms with Crippen LogP contribution in [0.25, 0.3) is 0 Å². The average Bonchev–Trinajstić information content (AvgIpc) is 2.16. The minimum atomic E-state index is -0.561. The van der Waals surface area contributed by atoms with Crippen LogP contribution in [0.3, 0.4) is 0 Å². The Bertz CT molecular complexity index is 187. The second-order valence-corrected chi connectivity index (χ2v) is 6.08. The molecular formula is C10H22N2OS. The highest BCUT2D eigenvalue weighted by molar-refractivity contribution is 7.85. The third kappa shape index (κ3) is 3.67. The van der Waals surface area contributed by atoms with Gasteiger partial charge in [0.25, 0.3) is 0 Å². The topological polar surface area (TPSA) is 46.3 Å². The maximum Gasteiger partial charge on any atom is 0.0363 e. The number of hydrogen-bond acceptors (Lipinski definition) is 3. The van der Waals surface area contributed by atoms with Crippen molar-refractivity contribution in [3.05, 3.63) is 0 Å². The predicted octanol–water partition coefficient (Wildman–Crippen LogP) is 0.282. The van der Waals surface area contributed by atoms with Gasteiger partial charge >= 0.3 is 0 Å². The molecule has 0 spiro atoms. The third-order valence-electron chi connectivity index (χ3n) is 3.01. The molecule has 0 bridgehead atoms. The molecule has 1 aliphatic rings. The van der Waals surface area contributed by atoms with Crippen molar-refractivity contribution in [2.45, 2.75) is 13.8 Å². The Hall–Kier alpha value is 0.0700. The summed E-state index contributed by atoms with van der Waals surface area (Å²) in [4.78, 5) is 2.40. The molecule has 2 N–H and O–H groups in total. The van der Waals surface area contributed by atoms with Crippen molar-refractivity contribution >= 4 is 10.8 Å². The van der Waals surface area contributed by atoms with Crippen molar-refractivity contribution in [2.75, 3.05) is 37.7 Å². The van der Waals surface area contributed by atoms with Crippen LogP contribution >= 0.6 is 0 Å². The summed E-state index contributed by atoms with van der Waals surface area (Å²) in [6, 6.07) is 0. The zero-order chi connectivity index (χ0) is 10.6. The normalized spacial score (nSPS) is 22.9. The van der Waals surface area contributed by atoms with Crippen molar-refractivity contribution < 1.29 is 4.21 Å². The molecule has 0 aliphatic carbocycles. The van der Waals surface area contributed by atoms with Crippen molar-refractivity contribution in [1.29, 1.82) is 0 Å². The maximum absolute atomic E-state index is 11.2. The van der Waals surface area contributed by atoms with Gasteiger partial charge in [0.1, 0.15) is 0 Å². The van der Waals surface area contributed by atoms with E-state index in [1.165, 1.54) is 0 Å². The van der Waals surface area contributed by atoms with E-state index in [9.17, 15) is 4.21 Å². The molecule has 0 aromatic heterocycles. The van der Waals surface area contributed by atoms with E-state index in [0.29, 0.717) is 11.8 Å². The molecule has 1 heterocycles. The number of hydrogen-bond donors (Lipinski definition) is 1. The summed E-state index contributed by atoms with van der Waals surface area (Å²) >= 11 is 0. The Kier molecular flexibility index (Phi) is 5.06. The monoisotopic (exact) mass is 218 g/mol. The highest BCUT2D eigenvalue weighted by Gasteiger charge is 2.20. The van der Waals surface area contributed by atoms with E-state index in [-0.39, 0.29) is 0 Å². The third-order valence-corrected chi connectivity index (χ3v) is 4.28. The van der Waals surface area contributed by atoms with E-state index in [0.717, 1.165) is 37.7 Å². The molecular weight excluding hydrogens is 196 g/mol. The molecule has 84 valence electrons. The highest BCUT2D eigenvalue weighted by Crippen LogP contribution is 2.12. The van der Waals surface area contributed by atoms with E-state index in [1.54, 1.807) is 0 Å². The fourth-order valence-corrected chi connectivity index (χ4v) is 2.88. The Balaban J connectivity index is 2.32. The van der Waals surface area contributed by atoms with Gasteiger partial charge in [0, 0.05) is 41.9 Å². The number of rotatable bonds is 4. The minimum Gasteiger partial charge on any atom is -0.330 e. The Morgan fingerprint density at radius 3 is 2.36 bits per heavy atom. The van der Waals surface area contributed by atoms with Gasteiger partial charge in [-0.2, -0.15) is 0 Å². The largest absolute Gasteiger partial charge is 0.330 e. The van der Waals surface area contributed by atoms with Gasteiger partial charge < -0.3 is 10.6 Å². The Labute approximate surface area is 89.5 Å². The van der Waals surface area contributed by atoms with E-state index in [4.69, 9.17) is 5.73 Å². The van der Waals surface area contributed by atoms with Gasteiger partial charge in [0.05, 0.1) is 0 Å². The van der Waals surface area contributed by atoms with Crippen molar-refractivity contribution in [2.24, 2.45) is 17.6 Å². The molecule has 1 rings (SSSR count). The highest BCUT2D eigenvalue weighted by atomic mass is 32.2. The standard InChI is InChI=1S/C10H22N2OS/c1-9(2)10(7-11)8-12-3-5-14(13)6-4-12/h9-10H,3-8,11H2,1-2H3. The Morgan fingerprint density at radius 2 is 1.93 bits per heavy atom. The van der Waals surface area contributed by atoms with E-state index in [2.05, 4.69) is 18.7 Å². The SMILES string of the molecule is CC(C)C(CN)CN1CCS(=O)CC1. The lowest BCUT2D eigenvalue weighted by Crippen LogP contribution is -2.43. The second-order valence-electron chi connectivity index (χ2n) is 4.39. The quantitative estimate of drug-likeness (QED) is 0.737. The van der Waals surface area contributed by atoms with E-state index in [1.807, 2.05) is 0 Å². The molecule has 0 aromatic carbocycles. The fraction of sp³-hybridized carbons (Fsp3) is 1.00. The zero-order valence-corrected chi connectivity index (χ0v) is 10.1. The molecule has 14 heavy (non-hydrogen) atoms. The summed E-state index contributed by atoms with van der Waals surface area (Å²) in [5, 5.41) is 0. The van der Waals surface area contributed by atoms with Crippen LogP contribution in [0.1, 0.15) is 13.8 Å². The maximum atomic E-state index is 11.2. The van der Waals surface area contributed by atoms with Crippen LogP contribution in [0.5, 0.6) is 0 Å². The van der Waals surface area contributed by atoms with Gasteiger partial charge in [-0.05, 0) is 18.4 Å². The molecule has 1 fully saturated rings. The molecule has 4 heteroatoms. The van der Waals surface area contributed by atoms with Crippen LogP contribution in [0.2, 0.25) is 0 Å². The van der Waals surface area contributed by atoms with Gasteiger partial charge in [0.15, 0.2) is 0 Å². The van der Waals surface area contributed by atoms with Gasteiger partial charge in [0.2, 0.25) is 0 Å². The lowest BCUT2D eigenvalue weighted by atomic mass is 9.95. The minimum absolute atomic E-state index is 0.561. The molecule has 1 atom stereocenters. The lowest BCUT2D eigenvalue weighted by Gasteiger charge is -2.31. The number of nitrogens with zero attached hydrogens (tertiary/aromatic N) is 1. The zero-order valence-electron chi connectivity index (χ0n) is 9.24. The van der Waals surface area contributed by atoms with Crippen LogP contribution in [0.4, 0.5) is 0 Å². The summed E-state index contributed by atoms with van der Waals surface area (Å²) in [5.41, 5.74) is 5.73. The van der Waals surface area contributed by atoms with Crippen molar-refractivity contribution in [1.82, 2.24) is 4.90 Å². The smallest absolute Gasteiger partial charge is 0.0363 e. The predicted molar refractivity (Wildman–Crippen MR) is 61.7 cm³/mol. The molecule has 0 amide bonds. The van der Waals surface area contributed by atoms with Crippen LogP contribution in [-0.2, 0) is 10.8 Å². The van der Waals surface area contributed by atoms with E-state index < -0.39 is 10.8 Å². The average molecular weight is 218 g/mol. The summed E-state index contributed by atoms with van der Waals surface area (Å²) in [6.45, 7) is 8.24. The molecule has 0 radical (unpaired) electrons. The molecule has 1 unspecified atom stereocenters. The molecule has 0 saturated carbocycles. The first-order valence-corrected chi connectivity index (χ1v) is 6.89. The van der Waals surface area contributed by atoms with Crippen LogP contribution in [0.15, 0.2) is 0 Å². The summed E-state index contributed by atoms with van der Waals surface area (Å²) in [7, 11) is -0.561. The first-order valence-electron chi connectivity index (χ1n) is 5.41. The summed E-state index contributed by atoms with van der Waals surface area (Å²) in [6.07, 6.45) is 0. The molecule has 1 aliphatic heterocycles. The van der Waals surface area contributed by atoms with Crippen molar-refractivity contribution in [3.63, 3.8) is 0 Å². The first-order chi connectivity index (χ1) is 6.63. The van der Waals surface area contributed by atoms with Gasteiger partial charge in [-0.1, -0.05) is 13.8 Å². The fourth-order valence-electron chi connectivity index (χ4n) is 1.75. The first kappa shape index (κ1) is 12.1. The van der Waals surface area contributed by atoms with Gasteiger partial charge in [-0.25, -0.2) is 0 Å². The van der Waals surface area contributed by atoms with Crippen LogP contribution in [0, 0.1) is 11.8 Å². The Morgan fingerprint density at radius 1 is 1.36 bits per heavy atom. The van der Waals surface area contributed by atoms with E-state index >= 15 is 0 Å². The molecule has 3 nitrogen and oxygen atoms in total. The second kappa shape index (κ2) is 5.83. The van der Waals surface area contributed by atoms with Gasteiger partial charge in [-0.15, -0.1) is 0 Å².